The molecule has 1 fully saturated rings. The number of nitrogens with one attached hydrogen (secondary N) is 1. The Balaban J connectivity index is 1.78. The lowest BCUT2D eigenvalue weighted by Gasteiger charge is -2.39. The predicted octanol–water partition coefficient (Wildman–Crippen LogP) is 4.30. The summed E-state index contributed by atoms with van der Waals surface area (Å²) >= 11 is 0. The number of carbonyl (C=O) groups excluding carboxylic acids is 1. The van der Waals surface area contributed by atoms with Gasteiger partial charge in [-0.15, -0.1) is 0 Å². The topological polar surface area (TPSA) is 122 Å². The van der Waals surface area contributed by atoms with Crippen LogP contribution in [0, 0.1) is 0 Å². The molecule has 0 radical (unpaired) electrons. The van der Waals surface area contributed by atoms with E-state index in [9.17, 15) is 13.9 Å². The normalized spacial score (nSPS) is 18.4. The van der Waals surface area contributed by atoms with Crippen LogP contribution in [0.15, 0.2) is 34.9 Å². The molecule has 150 valence electrons. The summed E-state index contributed by atoms with van der Waals surface area (Å²) in [6.45, 7) is 0.370. The minimum atomic E-state index is -2.45. The number of aromatic amines is 1. The van der Waals surface area contributed by atoms with Crippen LogP contribution in [0.5, 0.6) is 0 Å². The van der Waals surface area contributed by atoms with Crippen molar-refractivity contribution in [1.82, 2.24) is 4.98 Å². The van der Waals surface area contributed by atoms with Gasteiger partial charge in [0.1, 0.15) is 18.1 Å². The first-order valence-electron chi connectivity index (χ1n) is 9.14. The highest BCUT2D eigenvalue weighted by atomic mass is 32.3. The molecule has 1 aliphatic heterocycles. The van der Waals surface area contributed by atoms with E-state index in [1.54, 1.807) is 13.2 Å². The summed E-state index contributed by atoms with van der Waals surface area (Å²) in [4.78, 5) is 15.3. The number of fused-ring (bicyclic) bond motifs is 1. The fraction of sp³-hybridized carbons (Fsp3) is 0.350. The molecule has 0 bridgehead atoms. The van der Waals surface area contributed by atoms with E-state index in [4.69, 9.17) is 14.9 Å². The molecule has 4 rings (SSSR count). The molecule has 0 spiro atoms. The number of hydrogen-bond donors (Lipinski definition) is 4. The molecule has 0 saturated carbocycles. The molecule has 1 aliphatic rings. The number of nitrogens with two attached hydrogens (primary N) is 1. The van der Waals surface area contributed by atoms with Crippen molar-refractivity contribution in [3.8, 4) is 11.3 Å². The first kappa shape index (κ1) is 19.1. The summed E-state index contributed by atoms with van der Waals surface area (Å²) in [6.07, 6.45) is 3.30. The summed E-state index contributed by atoms with van der Waals surface area (Å²) in [5, 5.41) is 0.916. The van der Waals surface area contributed by atoms with Crippen molar-refractivity contribution in [2.45, 2.75) is 25.4 Å². The zero-order chi connectivity index (χ0) is 19.9. The molecule has 1 saturated heterocycles. The van der Waals surface area contributed by atoms with Gasteiger partial charge in [-0.25, -0.2) is 0 Å². The third-order valence-corrected chi connectivity index (χ3v) is 7.12. The maximum atomic E-state index is 12.1. The van der Waals surface area contributed by atoms with Crippen LogP contribution in [-0.4, -0.2) is 38.6 Å². The van der Waals surface area contributed by atoms with Gasteiger partial charge in [0.05, 0.1) is 11.1 Å². The third kappa shape index (κ3) is 3.56. The van der Waals surface area contributed by atoms with Crippen LogP contribution in [0.2, 0.25) is 0 Å². The molecule has 0 unspecified atom stereocenters. The van der Waals surface area contributed by atoms with Crippen LogP contribution in [-0.2, 0) is 11.3 Å². The highest BCUT2D eigenvalue weighted by molar-refractivity contribution is 8.24. The summed E-state index contributed by atoms with van der Waals surface area (Å²) in [5.41, 5.74) is 8.57. The fourth-order valence-electron chi connectivity index (χ4n) is 3.90. The van der Waals surface area contributed by atoms with Crippen molar-refractivity contribution in [3.05, 3.63) is 47.3 Å². The molecule has 7 nitrogen and oxygen atoms in total. The van der Waals surface area contributed by atoms with Crippen LogP contribution in [0.4, 0.5) is 0 Å². The molecule has 1 aromatic carbocycles. The van der Waals surface area contributed by atoms with Crippen molar-refractivity contribution in [3.63, 3.8) is 0 Å². The number of amides is 1. The minimum absolute atomic E-state index is 0.199. The molecule has 5 N–H and O–H groups in total. The number of aromatic nitrogens is 1. The molecule has 0 atom stereocenters. The number of rotatable bonds is 5. The minimum Gasteiger partial charge on any atom is -0.459 e. The van der Waals surface area contributed by atoms with Gasteiger partial charge in [-0.05, 0) is 48.6 Å². The van der Waals surface area contributed by atoms with Gasteiger partial charge in [-0.2, -0.15) is 10.6 Å². The van der Waals surface area contributed by atoms with Crippen molar-refractivity contribution in [2.75, 3.05) is 18.6 Å². The lowest BCUT2D eigenvalue weighted by molar-refractivity contribution is 0.100. The standard InChI is InChI=1S/C20H24N2O5S/c1-26-11-14-2-3-18(27-14)13-8-15-17(12-4-6-28(24,25)7-5-12)10-22-19(15)16(9-13)20(21)23/h2-3,8-10,12,22,24-25H,4-7,11H2,1H3,(H2,21,23). The number of carbonyl (C=O) groups is 1. The number of primary amides is 1. The number of hydrogen-bond acceptors (Lipinski definition) is 5. The number of ether oxygens (including phenoxy) is 1. The number of furan rings is 1. The van der Waals surface area contributed by atoms with Gasteiger partial charge in [0.2, 0.25) is 0 Å². The second-order valence-electron chi connectivity index (χ2n) is 7.24. The lowest BCUT2D eigenvalue weighted by Crippen LogP contribution is -2.19. The number of benzene rings is 1. The summed E-state index contributed by atoms with van der Waals surface area (Å²) in [6, 6.07) is 7.42. The number of methoxy groups -OCH3 is 1. The van der Waals surface area contributed by atoms with Crippen LogP contribution >= 0.6 is 10.6 Å². The van der Waals surface area contributed by atoms with Crippen molar-refractivity contribution < 1.29 is 23.1 Å². The summed E-state index contributed by atoms with van der Waals surface area (Å²) in [7, 11) is -0.845. The molecule has 3 aromatic rings. The van der Waals surface area contributed by atoms with Crippen LogP contribution in [0.1, 0.15) is 40.4 Å². The smallest absolute Gasteiger partial charge is 0.250 e. The molecular weight excluding hydrogens is 380 g/mol. The SMILES string of the molecule is COCc1ccc(-c2cc(C(N)=O)c3[nH]cc(C4CCS(O)(O)CC4)c3c2)o1. The molecule has 8 heteroatoms. The first-order valence-corrected chi connectivity index (χ1v) is 11.0. The first-order chi connectivity index (χ1) is 13.4. The van der Waals surface area contributed by atoms with Crippen LogP contribution < -0.4 is 5.73 Å². The number of H-pyrrole nitrogens is 1. The highest BCUT2D eigenvalue weighted by Gasteiger charge is 2.27. The Bertz CT molecular complexity index is 1010. The van der Waals surface area contributed by atoms with E-state index in [0.717, 1.165) is 16.5 Å². The molecular formula is C20H24N2O5S. The van der Waals surface area contributed by atoms with Gasteiger partial charge in [0.25, 0.3) is 5.91 Å². The Labute approximate surface area is 164 Å². The van der Waals surface area contributed by atoms with E-state index in [0.29, 0.717) is 53.6 Å². The van der Waals surface area contributed by atoms with Gasteiger partial charge in [0.15, 0.2) is 0 Å². The second kappa shape index (κ2) is 7.29. The van der Waals surface area contributed by atoms with E-state index >= 15 is 0 Å². The van der Waals surface area contributed by atoms with E-state index < -0.39 is 16.5 Å². The largest absolute Gasteiger partial charge is 0.459 e. The Kier molecular flexibility index (Phi) is 4.96. The fourth-order valence-corrected chi connectivity index (χ4v) is 5.43. The second-order valence-corrected chi connectivity index (χ2v) is 9.66. The van der Waals surface area contributed by atoms with E-state index in [2.05, 4.69) is 4.98 Å². The molecule has 0 aliphatic carbocycles. The van der Waals surface area contributed by atoms with Crippen molar-refractivity contribution in [2.24, 2.45) is 5.73 Å². The Hall–Kier alpha value is -2.26. The molecule has 3 heterocycles. The van der Waals surface area contributed by atoms with Crippen molar-refractivity contribution >= 4 is 27.4 Å². The molecule has 28 heavy (non-hydrogen) atoms. The van der Waals surface area contributed by atoms with E-state index in [-0.39, 0.29) is 5.92 Å². The van der Waals surface area contributed by atoms with Crippen LogP contribution in [0.25, 0.3) is 22.2 Å². The zero-order valence-corrected chi connectivity index (χ0v) is 16.4. The van der Waals surface area contributed by atoms with Gasteiger partial charge >= 0.3 is 0 Å². The van der Waals surface area contributed by atoms with E-state index in [1.165, 1.54) is 0 Å². The maximum Gasteiger partial charge on any atom is 0.250 e. The van der Waals surface area contributed by atoms with Gasteiger partial charge in [-0.3, -0.25) is 13.9 Å². The quantitative estimate of drug-likeness (QED) is 0.505. The van der Waals surface area contributed by atoms with Crippen LogP contribution in [0.3, 0.4) is 0 Å². The Morgan fingerprint density at radius 1 is 1.32 bits per heavy atom. The van der Waals surface area contributed by atoms with Gasteiger partial charge in [0, 0.05) is 35.8 Å². The average molecular weight is 404 g/mol. The Morgan fingerprint density at radius 2 is 2.07 bits per heavy atom. The monoisotopic (exact) mass is 404 g/mol. The zero-order valence-electron chi connectivity index (χ0n) is 15.6. The Morgan fingerprint density at radius 3 is 2.75 bits per heavy atom. The van der Waals surface area contributed by atoms with Gasteiger partial charge < -0.3 is 19.9 Å². The van der Waals surface area contributed by atoms with Gasteiger partial charge in [-0.1, -0.05) is 0 Å². The predicted molar refractivity (Wildman–Crippen MR) is 110 cm³/mol. The molecule has 1 amide bonds. The molecule has 2 aromatic heterocycles. The summed E-state index contributed by atoms with van der Waals surface area (Å²) in [5.74, 6) is 1.84. The van der Waals surface area contributed by atoms with Crippen molar-refractivity contribution in [1.29, 1.82) is 0 Å². The summed E-state index contributed by atoms with van der Waals surface area (Å²) < 4.78 is 30.7. The third-order valence-electron chi connectivity index (χ3n) is 5.35. The van der Waals surface area contributed by atoms with E-state index in [1.807, 2.05) is 24.4 Å². The average Bonchev–Trinajstić information content (AvgIpc) is 3.28. The highest BCUT2D eigenvalue weighted by Crippen LogP contribution is 2.49. The lowest BCUT2D eigenvalue weighted by atomic mass is 9.91. The maximum absolute atomic E-state index is 12.1.